The van der Waals surface area contributed by atoms with E-state index in [1.54, 1.807) is 0 Å². The Morgan fingerprint density at radius 1 is 1.04 bits per heavy atom. The SMILES string of the molecule is CCOC(=O)c1c(CNC)n(C)c2cc(-c3cccc4ccccc34)ccc12. The number of nitrogens with zero attached hydrogens (tertiary/aromatic N) is 1. The van der Waals surface area contributed by atoms with Gasteiger partial charge in [0.15, 0.2) is 0 Å². The summed E-state index contributed by atoms with van der Waals surface area (Å²) < 4.78 is 7.42. The molecular formula is C24H24N2O2. The molecule has 4 rings (SSSR count). The molecule has 0 saturated heterocycles. The number of aromatic nitrogens is 1. The molecule has 1 heterocycles. The second-order valence-electron chi connectivity index (χ2n) is 6.89. The van der Waals surface area contributed by atoms with E-state index in [4.69, 9.17) is 4.74 Å². The molecule has 0 aliphatic heterocycles. The molecule has 1 aromatic heterocycles. The number of fused-ring (bicyclic) bond motifs is 2. The molecule has 0 amide bonds. The molecule has 0 radical (unpaired) electrons. The number of carbonyl (C=O) groups is 1. The average Bonchev–Trinajstić information content (AvgIpc) is 2.99. The van der Waals surface area contributed by atoms with Crippen LogP contribution in [0.25, 0.3) is 32.8 Å². The molecular weight excluding hydrogens is 348 g/mol. The van der Waals surface area contributed by atoms with Gasteiger partial charge in [-0.2, -0.15) is 0 Å². The fourth-order valence-electron chi connectivity index (χ4n) is 3.94. The van der Waals surface area contributed by atoms with Crippen molar-refractivity contribution in [1.29, 1.82) is 0 Å². The zero-order chi connectivity index (χ0) is 19.7. The Labute approximate surface area is 164 Å². The van der Waals surface area contributed by atoms with Crippen LogP contribution in [0.3, 0.4) is 0 Å². The summed E-state index contributed by atoms with van der Waals surface area (Å²) in [5, 5.41) is 6.53. The quantitative estimate of drug-likeness (QED) is 0.507. The van der Waals surface area contributed by atoms with Gasteiger partial charge in [-0.1, -0.05) is 54.6 Å². The van der Waals surface area contributed by atoms with Crippen LogP contribution in [0.1, 0.15) is 23.0 Å². The number of esters is 1. The summed E-state index contributed by atoms with van der Waals surface area (Å²) in [7, 11) is 3.89. The first-order chi connectivity index (χ1) is 13.7. The molecule has 0 fully saturated rings. The van der Waals surface area contributed by atoms with E-state index in [2.05, 4.69) is 64.5 Å². The van der Waals surface area contributed by atoms with Crippen LogP contribution >= 0.6 is 0 Å². The highest BCUT2D eigenvalue weighted by Gasteiger charge is 2.22. The van der Waals surface area contributed by atoms with E-state index >= 15 is 0 Å². The van der Waals surface area contributed by atoms with Crippen LogP contribution in [-0.2, 0) is 18.3 Å². The number of hydrogen-bond donors (Lipinski definition) is 1. The zero-order valence-electron chi connectivity index (χ0n) is 16.5. The standard InChI is InChI=1S/C24H24N2O2/c1-4-28-24(27)23-20-13-12-17(14-21(20)26(3)22(23)15-25-2)19-11-7-9-16-8-5-6-10-18(16)19/h5-14,25H,4,15H2,1-3H3. The molecule has 4 heteroatoms. The summed E-state index contributed by atoms with van der Waals surface area (Å²) in [6, 6.07) is 21.1. The number of ether oxygens (including phenoxy) is 1. The Morgan fingerprint density at radius 3 is 2.61 bits per heavy atom. The maximum atomic E-state index is 12.6. The lowest BCUT2D eigenvalue weighted by Gasteiger charge is -2.08. The van der Waals surface area contributed by atoms with Gasteiger partial charge in [0.2, 0.25) is 0 Å². The molecule has 0 unspecified atom stereocenters. The normalized spacial score (nSPS) is 11.2. The van der Waals surface area contributed by atoms with Crippen LogP contribution in [0.4, 0.5) is 0 Å². The first kappa shape index (κ1) is 18.3. The Kier molecular flexibility index (Phi) is 4.88. The smallest absolute Gasteiger partial charge is 0.340 e. The van der Waals surface area contributed by atoms with Gasteiger partial charge in [0.05, 0.1) is 12.2 Å². The summed E-state index contributed by atoms with van der Waals surface area (Å²) in [5.74, 6) is -0.267. The molecule has 0 bridgehead atoms. The van der Waals surface area contributed by atoms with Crippen molar-refractivity contribution in [3.63, 3.8) is 0 Å². The van der Waals surface area contributed by atoms with Crippen LogP contribution in [0.2, 0.25) is 0 Å². The topological polar surface area (TPSA) is 43.3 Å². The van der Waals surface area contributed by atoms with E-state index < -0.39 is 0 Å². The molecule has 0 atom stereocenters. The van der Waals surface area contributed by atoms with Crippen LogP contribution < -0.4 is 5.32 Å². The van der Waals surface area contributed by atoms with Gasteiger partial charge in [0.25, 0.3) is 0 Å². The minimum Gasteiger partial charge on any atom is -0.462 e. The number of benzene rings is 3. The van der Waals surface area contributed by atoms with Gasteiger partial charge in [-0.3, -0.25) is 0 Å². The molecule has 1 N–H and O–H groups in total. The lowest BCUT2D eigenvalue weighted by molar-refractivity contribution is 0.0527. The highest BCUT2D eigenvalue weighted by Crippen LogP contribution is 2.33. The second-order valence-corrected chi connectivity index (χ2v) is 6.89. The Hall–Kier alpha value is -3.11. The summed E-state index contributed by atoms with van der Waals surface area (Å²) in [6.07, 6.45) is 0. The third-order valence-corrected chi connectivity index (χ3v) is 5.25. The molecule has 142 valence electrons. The minimum absolute atomic E-state index is 0.267. The van der Waals surface area contributed by atoms with Gasteiger partial charge in [0.1, 0.15) is 0 Å². The fraction of sp³-hybridized carbons (Fsp3) is 0.208. The molecule has 4 nitrogen and oxygen atoms in total. The lowest BCUT2D eigenvalue weighted by atomic mass is 9.97. The van der Waals surface area contributed by atoms with Crippen LogP contribution in [0, 0.1) is 0 Å². The van der Waals surface area contributed by atoms with E-state index in [1.807, 2.05) is 27.1 Å². The van der Waals surface area contributed by atoms with E-state index in [0.29, 0.717) is 18.7 Å². The first-order valence-corrected chi connectivity index (χ1v) is 9.56. The summed E-state index contributed by atoms with van der Waals surface area (Å²) in [5.41, 5.74) is 4.94. The van der Waals surface area contributed by atoms with Gasteiger partial charge in [-0.05, 0) is 41.9 Å². The van der Waals surface area contributed by atoms with Crippen molar-refractivity contribution in [2.75, 3.05) is 13.7 Å². The Bertz CT molecular complexity index is 1170. The molecule has 3 aromatic carbocycles. The van der Waals surface area contributed by atoms with Crippen molar-refractivity contribution in [3.05, 3.63) is 71.9 Å². The first-order valence-electron chi connectivity index (χ1n) is 9.56. The van der Waals surface area contributed by atoms with E-state index in [1.165, 1.54) is 16.3 Å². The van der Waals surface area contributed by atoms with Gasteiger partial charge < -0.3 is 14.6 Å². The molecule has 0 aliphatic carbocycles. The van der Waals surface area contributed by atoms with Crippen molar-refractivity contribution in [3.8, 4) is 11.1 Å². The number of nitrogens with one attached hydrogen (secondary N) is 1. The van der Waals surface area contributed by atoms with Crippen LogP contribution in [0.15, 0.2) is 60.7 Å². The molecule has 0 aliphatic rings. The van der Waals surface area contributed by atoms with E-state index in [9.17, 15) is 4.79 Å². The predicted octanol–water partition coefficient (Wildman–Crippen LogP) is 4.89. The van der Waals surface area contributed by atoms with Crippen molar-refractivity contribution >= 4 is 27.6 Å². The minimum atomic E-state index is -0.267. The highest BCUT2D eigenvalue weighted by molar-refractivity contribution is 6.07. The third-order valence-electron chi connectivity index (χ3n) is 5.25. The number of rotatable bonds is 5. The van der Waals surface area contributed by atoms with Crippen molar-refractivity contribution in [2.24, 2.45) is 7.05 Å². The van der Waals surface area contributed by atoms with Crippen molar-refractivity contribution in [2.45, 2.75) is 13.5 Å². The van der Waals surface area contributed by atoms with Gasteiger partial charge in [-0.25, -0.2) is 4.79 Å². The maximum absolute atomic E-state index is 12.6. The molecule has 4 aromatic rings. The van der Waals surface area contributed by atoms with Crippen LogP contribution in [0.5, 0.6) is 0 Å². The number of carbonyl (C=O) groups excluding carboxylic acids is 1. The van der Waals surface area contributed by atoms with Crippen LogP contribution in [-0.4, -0.2) is 24.2 Å². The average molecular weight is 372 g/mol. The Balaban J connectivity index is 1.94. The predicted molar refractivity (Wildman–Crippen MR) is 115 cm³/mol. The summed E-state index contributed by atoms with van der Waals surface area (Å²) in [6.45, 7) is 2.80. The molecule has 28 heavy (non-hydrogen) atoms. The van der Waals surface area contributed by atoms with Gasteiger partial charge in [-0.15, -0.1) is 0 Å². The highest BCUT2D eigenvalue weighted by atomic mass is 16.5. The Morgan fingerprint density at radius 2 is 1.82 bits per heavy atom. The fourth-order valence-corrected chi connectivity index (χ4v) is 3.94. The van der Waals surface area contributed by atoms with Gasteiger partial charge in [0, 0.05) is 30.2 Å². The van der Waals surface area contributed by atoms with Crippen molar-refractivity contribution in [1.82, 2.24) is 9.88 Å². The molecule has 0 saturated carbocycles. The summed E-state index contributed by atoms with van der Waals surface area (Å²) in [4.78, 5) is 12.6. The number of aryl methyl sites for hydroxylation is 1. The third kappa shape index (κ3) is 2.96. The van der Waals surface area contributed by atoms with E-state index in [0.717, 1.165) is 22.2 Å². The zero-order valence-corrected chi connectivity index (χ0v) is 16.5. The maximum Gasteiger partial charge on any atom is 0.340 e. The summed E-state index contributed by atoms with van der Waals surface area (Å²) >= 11 is 0. The van der Waals surface area contributed by atoms with E-state index in [-0.39, 0.29) is 5.97 Å². The van der Waals surface area contributed by atoms with Gasteiger partial charge >= 0.3 is 5.97 Å². The van der Waals surface area contributed by atoms with Crippen molar-refractivity contribution < 1.29 is 9.53 Å². The number of hydrogen-bond acceptors (Lipinski definition) is 3. The molecule has 0 spiro atoms. The largest absolute Gasteiger partial charge is 0.462 e. The second kappa shape index (κ2) is 7.49. The monoisotopic (exact) mass is 372 g/mol. The lowest BCUT2D eigenvalue weighted by Crippen LogP contribution is -2.14.